The highest BCUT2D eigenvalue weighted by atomic mass is 79.9. The standard InChI is InChI=1S/C12H11BrN2O2/c1-15-5-4-11(14-15)8-17-12-3-2-10(13)6-9(12)7-16/h2-7H,8H2,1H3. The minimum absolute atomic E-state index is 0.351. The van der Waals surface area contributed by atoms with Crippen molar-refractivity contribution in [2.24, 2.45) is 7.05 Å². The fraction of sp³-hybridized carbons (Fsp3) is 0.167. The Balaban J connectivity index is 2.11. The van der Waals surface area contributed by atoms with E-state index in [0.717, 1.165) is 16.5 Å². The lowest BCUT2D eigenvalue weighted by Gasteiger charge is -2.07. The minimum atomic E-state index is 0.351. The topological polar surface area (TPSA) is 44.1 Å². The molecule has 1 heterocycles. The van der Waals surface area contributed by atoms with E-state index in [1.165, 1.54) is 0 Å². The average molecular weight is 295 g/mol. The van der Waals surface area contributed by atoms with Gasteiger partial charge in [0.1, 0.15) is 12.4 Å². The molecule has 0 amide bonds. The Bertz CT molecular complexity index is 537. The highest BCUT2D eigenvalue weighted by molar-refractivity contribution is 9.10. The fourth-order valence-corrected chi connectivity index (χ4v) is 1.81. The number of aromatic nitrogens is 2. The van der Waals surface area contributed by atoms with E-state index in [9.17, 15) is 4.79 Å². The van der Waals surface area contributed by atoms with E-state index < -0.39 is 0 Å². The van der Waals surface area contributed by atoms with E-state index in [4.69, 9.17) is 4.74 Å². The second kappa shape index (κ2) is 5.14. The summed E-state index contributed by atoms with van der Waals surface area (Å²) in [5.74, 6) is 0.564. The summed E-state index contributed by atoms with van der Waals surface area (Å²) in [5.41, 5.74) is 1.35. The summed E-state index contributed by atoms with van der Waals surface area (Å²) in [6.45, 7) is 0.351. The quantitative estimate of drug-likeness (QED) is 0.814. The molecule has 0 aliphatic heterocycles. The highest BCUT2D eigenvalue weighted by Gasteiger charge is 2.05. The van der Waals surface area contributed by atoms with Crippen LogP contribution in [0.5, 0.6) is 5.75 Å². The molecule has 0 unspecified atom stereocenters. The van der Waals surface area contributed by atoms with Crippen LogP contribution in [0.2, 0.25) is 0 Å². The normalized spacial score (nSPS) is 10.2. The Labute approximate surface area is 107 Å². The summed E-state index contributed by atoms with van der Waals surface area (Å²) in [6, 6.07) is 7.19. The number of aldehydes is 1. The molecule has 0 radical (unpaired) electrons. The van der Waals surface area contributed by atoms with Crippen LogP contribution in [0.25, 0.3) is 0 Å². The molecule has 4 nitrogen and oxygen atoms in total. The Morgan fingerprint density at radius 3 is 2.94 bits per heavy atom. The first kappa shape index (κ1) is 11.9. The van der Waals surface area contributed by atoms with E-state index in [2.05, 4.69) is 21.0 Å². The number of carbonyl (C=O) groups is 1. The summed E-state index contributed by atoms with van der Waals surface area (Å²) >= 11 is 3.31. The van der Waals surface area contributed by atoms with Gasteiger partial charge in [-0.2, -0.15) is 5.10 Å². The van der Waals surface area contributed by atoms with Crippen molar-refractivity contribution >= 4 is 22.2 Å². The monoisotopic (exact) mass is 294 g/mol. The molecule has 5 heteroatoms. The zero-order valence-electron chi connectivity index (χ0n) is 9.26. The van der Waals surface area contributed by atoms with Crippen LogP contribution in [0.15, 0.2) is 34.9 Å². The predicted molar refractivity (Wildman–Crippen MR) is 67.1 cm³/mol. The van der Waals surface area contributed by atoms with Crippen molar-refractivity contribution in [2.45, 2.75) is 6.61 Å². The van der Waals surface area contributed by atoms with Crippen LogP contribution in [0, 0.1) is 0 Å². The Morgan fingerprint density at radius 2 is 2.29 bits per heavy atom. The lowest BCUT2D eigenvalue weighted by Crippen LogP contribution is -2.00. The number of ether oxygens (including phenoxy) is 1. The third-order valence-electron chi connectivity index (χ3n) is 2.24. The Hall–Kier alpha value is -1.62. The molecular weight excluding hydrogens is 284 g/mol. The van der Waals surface area contributed by atoms with Crippen LogP contribution in [0.1, 0.15) is 16.1 Å². The molecular formula is C12H11BrN2O2. The van der Waals surface area contributed by atoms with Gasteiger partial charge in [0.25, 0.3) is 0 Å². The minimum Gasteiger partial charge on any atom is -0.486 e. The zero-order valence-corrected chi connectivity index (χ0v) is 10.8. The van der Waals surface area contributed by atoms with E-state index in [-0.39, 0.29) is 0 Å². The number of nitrogens with zero attached hydrogens (tertiary/aromatic N) is 2. The molecule has 2 rings (SSSR count). The molecule has 0 atom stereocenters. The second-order valence-electron chi connectivity index (χ2n) is 3.57. The summed E-state index contributed by atoms with van der Waals surface area (Å²) in [7, 11) is 1.85. The van der Waals surface area contributed by atoms with Gasteiger partial charge in [-0.3, -0.25) is 9.48 Å². The van der Waals surface area contributed by atoms with Gasteiger partial charge in [0.05, 0.1) is 11.3 Å². The van der Waals surface area contributed by atoms with E-state index >= 15 is 0 Å². The smallest absolute Gasteiger partial charge is 0.153 e. The molecule has 0 N–H and O–H groups in total. The van der Waals surface area contributed by atoms with Crippen molar-refractivity contribution in [2.75, 3.05) is 0 Å². The fourth-order valence-electron chi connectivity index (χ4n) is 1.43. The van der Waals surface area contributed by atoms with E-state index in [1.54, 1.807) is 16.8 Å². The molecule has 17 heavy (non-hydrogen) atoms. The van der Waals surface area contributed by atoms with Gasteiger partial charge in [0.15, 0.2) is 6.29 Å². The summed E-state index contributed by atoms with van der Waals surface area (Å²) < 4.78 is 8.12. The first-order valence-corrected chi connectivity index (χ1v) is 5.84. The van der Waals surface area contributed by atoms with Crippen LogP contribution >= 0.6 is 15.9 Å². The van der Waals surface area contributed by atoms with Crippen LogP contribution < -0.4 is 4.74 Å². The largest absolute Gasteiger partial charge is 0.486 e. The summed E-state index contributed by atoms with van der Waals surface area (Å²) in [6.07, 6.45) is 2.62. The molecule has 0 bridgehead atoms. The number of benzene rings is 1. The maximum Gasteiger partial charge on any atom is 0.153 e. The lowest BCUT2D eigenvalue weighted by atomic mass is 10.2. The number of hydrogen-bond acceptors (Lipinski definition) is 3. The number of aryl methyl sites for hydroxylation is 1. The van der Waals surface area contributed by atoms with Crippen LogP contribution in [0.4, 0.5) is 0 Å². The highest BCUT2D eigenvalue weighted by Crippen LogP contribution is 2.22. The summed E-state index contributed by atoms with van der Waals surface area (Å²) in [5, 5.41) is 4.19. The van der Waals surface area contributed by atoms with Crippen molar-refractivity contribution < 1.29 is 9.53 Å². The SMILES string of the molecule is Cn1ccc(COc2ccc(Br)cc2C=O)n1. The predicted octanol–water partition coefficient (Wildman–Crippen LogP) is 2.57. The zero-order chi connectivity index (χ0) is 12.3. The van der Waals surface area contributed by atoms with Crippen molar-refractivity contribution in [1.82, 2.24) is 9.78 Å². The van der Waals surface area contributed by atoms with Crippen LogP contribution in [-0.2, 0) is 13.7 Å². The van der Waals surface area contributed by atoms with Crippen molar-refractivity contribution in [1.29, 1.82) is 0 Å². The third-order valence-corrected chi connectivity index (χ3v) is 2.74. The van der Waals surface area contributed by atoms with Gasteiger partial charge in [-0.05, 0) is 24.3 Å². The maximum atomic E-state index is 10.9. The van der Waals surface area contributed by atoms with Gasteiger partial charge in [0.2, 0.25) is 0 Å². The molecule has 1 aromatic carbocycles. The average Bonchev–Trinajstić information content (AvgIpc) is 2.73. The third kappa shape index (κ3) is 2.94. The van der Waals surface area contributed by atoms with Crippen molar-refractivity contribution in [3.63, 3.8) is 0 Å². The number of halogens is 1. The van der Waals surface area contributed by atoms with Gasteiger partial charge in [-0.15, -0.1) is 0 Å². The Morgan fingerprint density at radius 1 is 1.47 bits per heavy atom. The molecule has 88 valence electrons. The number of carbonyl (C=O) groups excluding carboxylic acids is 1. The van der Waals surface area contributed by atoms with Gasteiger partial charge in [-0.25, -0.2) is 0 Å². The molecule has 0 saturated carbocycles. The van der Waals surface area contributed by atoms with E-state index in [1.807, 2.05) is 25.4 Å². The molecule has 2 aromatic rings. The van der Waals surface area contributed by atoms with E-state index in [0.29, 0.717) is 17.9 Å². The first-order chi connectivity index (χ1) is 8.19. The van der Waals surface area contributed by atoms with Gasteiger partial charge in [-0.1, -0.05) is 15.9 Å². The molecule has 1 aromatic heterocycles. The maximum absolute atomic E-state index is 10.9. The van der Waals surface area contributed by atoms with Crippen LogP contribution in [0.3, 0.4) is 0 Å². The van der Waals surface area contributed by atoms with Gasteiger partial charge in [0, 0.05) is 17.7 Å². The van der Waals surface area contributed by atoms with Gasteiger partial charge >= 0.3 is 0 Å². The number of rotatable bonds is 4. The lowest BCUT2D eigenvalue weighted by molar-refractivity contribution is 0.111. The molecule has 0 saturated heterocycles. The van der Waals surface area contributed by atoms with Gasteiger partial charge < -0.3 is 4.74 Å². The van der Waals surface area contributed by atoms with Crippen LogP contribution in [-0.4, -0.2) is 16.1 Å². The van der Waals surface area contributed by atoms with Crippen molar-refractivity contribution in [3.8, 4) is 5.75 Å². The number of hydrogen-bond donors (Lipinski definition) is 0. The second-order valence-corrected chi connectivity index (χ2v) is 4.49. The molecule has 0 aliphatic rings. The molecule has 0 aliphatic carbocycles. The first-order valence-electron chi connectivity index (χ1n) is 5.05. The summed E-state index contributed by atoms with van der Waals surface area (Å²) in [4.78, 5) is 10.9. The van der Waals surface area contributed by atoms with Crippen molar-refractivity contribution in [3.05, 3.63) is 46.2 Å². The molecule has 0 fully saturated rings. The molecule has 0 spiro atoms. The Kier molecular flexibility index (Phi) is 3.58.